The minimum atomic E-state index is -0.290. The summed E-state index contributed by atoms with van der Waals surface area (Å²) in [6, 6.07) is 0. The van der Waals surface area contributed by atoms with Gasteiger partial charge in [-0.05, 0) is 12.8 Å². The largest absolute Gasteiger partial charge is 0.368 e. The third-order valence-corrected chi connectivity index (χ3v) is 5.25. The number of hydrogen-bond donors (Lipinski definition) is 0. The maximum Gasteiger partial charge on any atom is 0.251 e. The van der Waals surface area contributed by atoms with Gasteiger partial charge < -0.3 is 19.4 Å². The van der Waals surface area contributed by atoms with E-state index in [-0.39, 0.29) is 30.4 Å². The highest BCUT2D eigenvalue weighted by atomic mass is 32.2. The zero-order valence-electron chi connectivity index (χ0n) is 12.5. The summed E-state index contributed by atoms with van der Waals surface area (Å²) in [5, 5.41) is 0. The van der Waals surface area contributed by atoms with Gasteiger partial charge >= 0.3 is 0 Å². The molecule has 0 radical (unpaired) electrons. The SMILES string of the molecule is O=C(CN1CSCC1=O)N1CCN(C(=O)C2CCCO2)CC1. The van der Waals surface area contributed by atoms with E-state index in [1.165, 1.54) is 11.8 Å². The second-order valence-electron chi connectivity index (χ2n) is 5.78. The predicted molar refractivity (Wildman–Crippen MR) is 81.2 cm³/mol. The lowest BCUT2D eigenvalue weighted by Crippen LogP contribution is -2.54. The normalized spacial score (nSPS) is 25.9. The standard InChI is InChI=1S/C14H21N3O4S/c18-12(8-17-10-22-9-13(17)19)15-3-5-16(6-4-15)14(20)11-2-1-7-21-11/h11H,1-10H2. The molecular formula is C14H21N3O4S. The van der Waals surface area contributed by atoms with Crippen LogP contribution in [-0.4, -0.2) is 89.5 Å². The molecule has 0 aromatic rings. The third-order valence-electron chi connectivity index (χ3n) is 4.30. The summed E-state index contributed by atoms with van der Waals surface area (Å²) >= 11 is 1.54. The first-order valence-electron chi connectivity index (χ1n) is 7.69. The van der Waals surface area contributed by atoms with E-state index in [0.29, 0.717) is 44.4 Å². The summed E-state index contributed by atoms with van der Waals surface area (Å²) in [7, 11) is 0. The van der Waals surface area contributed by atoms with Crippen LogP contribution >= 0.6 is 11.8 Å². The molecule has 3 aliphatic rings. The number of carbonyl (C=O) groups excluding carboxylic acids is 3. The van der Waals surface area contributed by atoms with Crippen molar-refractivity contribution in [2.75, 3.05) is 51.0 Å². The Labute approximate surface area is 133 Å². The van der Waals surface area contributed by atoms with Crippen LogP contribution in [0.25, 0.3) is 0 Å². The molecule has 0 N–H and O–H groups in total. The van der Waals surface area contributed by atoms with Gasteiger partial charge in [0.05, 0.1) is 11.6 Å². The van der Waals surface area contributed by atoms with Crippen LogP contribution in [0, 0.1) is 0 Å². The van der Waals surface area contributed by atoms with Crippen LogP contribution in [0.4, 0.5) is 0 Å². The van der Waals surface area contributed by atoms with Crippen LogP contribution in [0.5, 0.6) is 0 Å². The van der Waals surface area contributed by atoms with Gasteiger partial charge in [0.25, 0.3) is 5.91 Å². The Morgan fingerprint density at radius 1 is 1.18 bits per heavy atom. The molecule has 3 fully saturated rings. The van der Waals surface area contributed by atoms with E-state index in [2.05, 4.69) is 0 Å². The van der Waals surface area contributed by atoms with Crippen molar-refractivity contribution in [3.63, 3.8) is 0 Å². The molecular weight excluding hydrogens is 306 g/mol. The highest BCUT2D eigenvalue weighted by molar-refractivity contribution is 8.00. The second-order valence-corrected chi connectivity index (χ2v) is 6.73. The molecule has 0 aliphatic carbocycles. The molecule has 0 bridgehead atoms. The van der Waals surface area contributed by atoms with E-state index < -0.39 is 0 Å². The van der Waals surface area contributed by atoms with E-state index in [1.54, 1.807) is 14.7 Å². The van der Waals surface area contributed by atoms with Gasteiger partial charge in [0.15, 0.2) is 0 Å². The van der Waals surface area contributed by atoms with Crippen LogP contribution in [0.15, 0.2) is 0 Å². The Kier molecular flexibility index (Phi) is 4.87. The fourth-order valence-corrected chi connectivity index (χ4v) is 3.86. The van der Waals surface area contributed by atoms with Gasteiger partial charge in [-0.1, -0.05) is 0 Å². The van der Waals surface area contributed by atoms with Crippen molar-refractivity contribution in [2.45, 2.75) is 18.9 Å². The van der Waals surface area contributed by atoms with Gasteiger partial charge in [-0.3, -0.25) is 14.4 Å². The maximum absolute atomic E-state index is 12.2. The van der Waals surface area contributed by atoms with E-state index in [0.717, 1.165) is 12.8 Å². The smallest absolute Gasteiger partial charge is 0.251 e. The first-order valence-corrected chi connectivity index (χ1v) is 8.84. The average molecular weight is 327 g/mol. The number of hydrogen-bond acceptors (Lipinski definition) is 5. The molecule has 3 amide bonds. The van der Waals surface area contributed by atoms with Gasteiger partial charge in [-0.2, -0.15) is 0 Å². The summed E-state index contributed by atoms with van der Waals surface area (Å²) in [6.07, 6.45) is 1.45. The minimum Gasteiger partial charge on any atom is -0.368 e. The molecule has 8 heteroatoms. The van der Waals surface area contributed by atoms with Crippen molar-refractivity contribution in [2.24, 2.45) is 0 Å². The van der Waals surface area contributed by atoms with Gasteiger partial charge in [-0.25, -0.2) is 0 Å². The minimum absolute atomic E-state index is 0.0277. The van der Waals surface area contributed by atoms with Gasteiger partial charge in [0, 0.05) is 32.8 Å². The zero-order chi connectivity index (χ0) is 15.5. The first-order chi connectivity index (χ1) is 10.6. The Balaban J connectivity index is 1.45. The molecule has 0 aromatic heterocycles. The van der Waals surface area contributed by atoms with Gasteiger partial charge in [-0.15, -0.1) is 11.8 Å². The van der Waals surface area contributed by atoms with E-state index in [4.69, 9.17) is 4.74 Å². The number of rotatable bonds is 3. The second kappa shape index (κ2) is 6.87. The molecule has 0 saturated carbocycles. The number of thioether (sulfide) groups is 1. The lowest BCUT2D eigenvalue weighted by Gasteiger charge is -2.36. The van der Waals surface area contributed by atoms with Gasteiger partial charge in [0.1, 0.15) is 12.6 Å². The molecule has 1 unspecified atom stereocenters. The maximum atomic E-state index is 12.2. The van der Waals surface area contributed by atoms with E-state index >= 15 is 0 Å². The molecule has 3 aliphatic heterocycles. The fourth-order valence-electron chi connectivity index (χ4n) is 2.96. The molecule has 3 rings (SSSR count). The van der Waals surface area contributed by atoms with Crippen LogP contribution < -0.4 is 0 Å². The summed E-state index contributed by atoms with van der Waals surface area (Å²) in [5.74, 6) is 1.13. The molecule has 1 atom stereocenters. The number of amides is 3. The van der Waals surface area contributed by atoms with E-state index in [1.807, 2.05) is 0 Å². The van der Waals surface area contributed by atoms with Gasteiger partial charge in [0.2, 0.25) is 11.8 Å². The number of carbonyl (C=O) groups is 3. The molecule has 3 saturated heterocycles. The summed E-state index contributed by atoms with van der Waals surface area (Å²) in [6.45, 7) is 2.99. The van der Waals surface area contributed by atoms with Crippen LogP contribution in [0.3, 0.4) is 0 Å². The van der Waals surface area contributed by atoms with Crippen molar-refractivity contribution >= 4 is 29.5 Å². The molecule has 7 nitrogen and oxygen atoms in total. The quantitative estimate of drug-likeness (QED) is 0.690. The van der Waals surface area contributed by atoms with Crippen molar-refractivity contribution < 1.29 is 19.1 Å². The number of nitrogens with zero attached hydrogens (tertiary/aromatic N) is 3. The summed E-state index contributed by atoms with van der Waals surface area (Å²) in [4.78, 5) is 41.1. The summed E-state index contributed by atoms with van der Waals surface area (Å²) in [5.41, 5.74) is 0. The van der Waals surface area contributed by atoms with Crippen LogP contribution in [0.1, 0.15) is 12.8 Å². The number of ether oxygens (including phenoxy) is 1. The fraction of sp³-hybridized carbons (Fsp3) is 0.786. The Morgan fingerprint density at radius 3 is 2.50 bits per heavy atom. The van der Waals surface area contributed by atoms with Crippen molar-refractivity contribution in [3.05, 3.63) is 0 Å². The Hall–Kier alpha value is -1.28. The van der Waals surface area contributed by atoms with Crippen molar-refractivity contribution in [1.29, 1.82) is 0 Å². The average Bonchev–Trinajstić information content (AvgIpc) is 3.19. The Bertz CT molecular complexity index is 459. The predicted octanol–water partition coefficient (Wildman–Crippen LogP) is -0.631. The molecule has 0 spiro atoms. The zero-order valence-corrected chi connectivity index (χ0v) is 13.3. The Morgan fingerprint density at radius 2 is 1.91 bits per heavy atom. The van der Waals surface area contributed by atoms with E-state index in [9.17, 15) is 14.4 Å². The molecule has 3 heterocycles. The first kappa shape index (κ1) is 15.6. The monoisotopic (exact) mass is 327 g/mol. The topological polar surface area (TPSA) is 70.2 Å². The molecule has 122 valence electrons. The lowest BCUT2D eigenvalue weighted by atomic mass is 10.2. The third kappa shape index (κ3) is 3.38. The van der Waals surface area contributed by atoms with Crippen molar-refractivity contribution in [1.82, 2.24) is 14.7 Å². The molecule has 22 heavy (non-hydrogen) atoms. The number of piperazine rings is 1. The van der Waals surface area contributed by atoms with Crippen LogP contribution in [0.2, 0.25) is 0 Å². The highest BCUT2D eigenvalue weighted by Crippen LogP contribution is 2.17. The van der Waals surface area contributed by atoms with Crippen LogP contribution in [-0.2, 0) is 19.1 Å². The molecule has 0 aromatic carbocycles. The highest BCUT2D eigenvalue weighted by Gasteiger charge is 2.32. The summed E-state index contributed by atoms with van der Waals surface area (Å²) < 4.78 is 5.42. The van der Waals surface area contributed by atoms with Crippen molar-refractivity contribution in [3.8, 4) is 0 Å². The lowest BCUT2D eigenvalue weighted by molar-refractivity contribution is -0.146.